The summed E-state index contributed by atoms with van der Waals surface area (Å²) in [4.78, 5) is 2.38. The van der Waals surface area contributed by atoms with Gasteiger partial charge in [0.05, 0.1) is 6.61 Å². The maximum absolute atomic E-state index is 9.82. The van der Waals surface area contributed by atoms with Crippen LogP contribution in [0.2, 0.25) is 0 Å². The summed E-state index contributed by atoms with van der Waals surface area (Å²) in [5.41, 5.74) is 2.57. The van der Waals surface area contributed by atoms with Crippen molar-refractivity contribution in [2.24, 2.45) is 5.92 Å². The summed E-state index contributed by atoms with van der Waals surface area (Å²) < 4.78 is 1.25. The molecule has 2 aromatic carbocycles. The molecule has 118 valence electrons. The molecule has 0 bridgehead atoms. The molecule has 0 amide bonds. The second kappa shape index (κ2) is 8.65. The van der Waals surface area contributed by atoms with Gasteiger partial charge in [0, 0.05) is 22.7 Å². The van der Waals surface area contributed by atoms with Crippen molar-refractivity contribution >= 4 is 22.6 Å². The number of aliphatic hydroxyl groups is 1. The van der Waals surface area contributed by atoms with Crippen LogP contribution < -0.4 is 0 Å². The Morgan fingerprint density at radius 2 is 1.45 bits per heavy atom. The molecule has 1 atom stereocenters. The SMILES string of the molecule is CC(C)[C@@H](CO)N(Cc1ccccc1)Cc1ccc(I)cc1. The highest BCUT2D eigenvalue weighted by Gasteiger charge is 2.21. The molecule has 0 heterocycles. The Kier molecular flexibility index (Phi) is 6.86. The van der Waals surface area contributed by atoms with Crippen LogP contribution in [-0.2, 0) is 13.1 Å². The van der Waals surface area contributed by atoms with Gasteiger partial charge in [-0.25, -0.2) is 0 Å². The largest absolute Gasteiger partial charge is 0.395 e. The molecular weight excluding hydrogens is 385 g/mol. The van der Waals surface area contributed by atoms with Crippen LogP contribution in [0.25, 0.3) is 0 Å². The second-order valence-electron chi connectivity index (χ2n) is 6.01. The van der Waals surface area contributed by atoms with E-state index < -0.39 is 0 Å². The average Bonchev–Trinajstić information content (AvgIpc) is 2.51. The van der Waals surface area contributed by atoms with Crippen molar-refractivity contribution in [3.05, 3.63) is 69.3 Å². The Morgan fingerprint density at radius 1 is 0.909 bits per heavy atom. The van der Waals surface area contributed by atoms with E-state index in [0.29, 0.717) is 5.92 Å². The van der Waals surface area contributed by atoms with E-state index in [-0.39, 0.29) is 12.6 Å². The minimum absolute atomic E-state index is 0.166. The maximum atomic E-state index is 9.82. The zero-order valence-corrected chi connectivity index (χ0v) is 15.4. The van der Waals surface area contributed by atoms with Crippen LogP contribution in [0.3, 0.4) is 0 Å². The van der Waals surface area contributed by atoms with Crippen LogP contribution in [0.15, 0.2) is 54.6 Å². The summed E-state index contributed by atoms with van der Waals surface area (Å²) >= 11 is 2.33. The molecule has 0 aliphatic heterocycles. The van der Waals surface area contributed by atoms with Gasteiger partial charge in [-0.1, -0.05) is 56.3 Å². The molecule has 0 saturated carbocycles. The molecule has 2 nitrogen and oxygen atoms in total. The molecule has 1 N–H and O–H groups in total. The van der Waals surface area contributed by atoms with Crippen molar-refractivity contribution in [2.75, 3.05) is 6.61 Å². The molecular formula is C19H24INO. The molecule has 0 spiro atoms. The third-order valence-corrected chi connectivity index (χ3v) is 4.67. The van der Waals surface area contributed by atoms with Gasteiger partial charge in [0.2, 0.25) is 0 Å². The lowest BCUT2D eigenvalue weighted by Crippen LogP contribution is -2.40. The van der Waals surface area contributed by atoms with E-state index in [9.17, 15) is 5.11 Å². The van der Waals surface area contributed by atoms with Crippen LogP contribution in [0.4, 0.5) is 0 Å². The molecule has 2 rings (SSSR count). The maximum Gasteiger partial charge on any atom is 0.0589 e. The highest BCUT2D eigenvalue weighted by Crippen LogP contribution is 2.19. The fourth-order valence-electron chi connectivity index (χ4n) is 2.68. The standard InChI is InChI=1S/C19H24INO/c1-15(2)19(14-22)21(12-16-6-4-3-5-7-16)13-17-8-10-18(20)11-9-17/h3-11,15,19,22H,12-14H2,1-2H3/t19-/m1/s1. The zero-order chi connectivity index (χ0) is 15.9. The lowest BCUT2D eigenvalue weighted by molar-refractivity contribution is 0.0784. The lowest BCUT2D eigenvalue weighted by atomic mass is 10.0. The molecule has 0 aliphatic rings. The van der Waals surface area contributed by atoms with Gasteiger partial charge < -0.3 is 5.11 Å². The first kappa shape index (κ1) is 17.4. The number of hydrogen-bond acceptors (Lipinski definition) is 2. The summed E-state index contributed by atoms with van der Waals surface area (Å²) in [5.74, 6) is 0.414. The molecule has 0 aliphatic carbocycles. The van der Waals surface area contributed by atoms with E-state index in [0.717, 1.165) is 13.1 Å². The van der Waals surface area contributed by atoms with Crippen molar-refractivity contribution < 1.29 is 5.11 Å². The molecule has 0 unspecified atom stereocenters. The van der Waals surface area contributed by atoms with Crippen LogP contribution >= 0.6 is 22.6 Å². The van der Waals surface area contributed by atoms with Crippen molar-refractivity contribution in [2.45, 2.75) is 33.0 Å². The first-order chi connectivity index (χ1) is 10.6. The van der Waals surface area contributed by atoms with Crippen LogP contribution in [-0.4, -0.2) is 22.7 Å². The van der Waals surface area contributed by atoms with Gasteiger partial charge in [-0.2, -0.15) is 0 Å². The monoisotopic (exact) mass is 409 g/mol. The van der Waals surface area contributed by atoms with Crippen LogP contribution in [0, 0.1) is 9.49 Å². The summed E-state index contributed by atoms with van der Waals surface area (Å²) in [6, 6.07) is 19.3. The van der Waals surface area contributed by atoms with Crippen LogP contribution in [0.1, 0.15) is 25.0 Å². The first-order valence-electron chi connectivity index (χ1n) is 7.73. The first-order valence-corrected chi connectivity index (χ1v) is 8.81. The third-order valence-electron chi connectivity index (χ3n) is 3.95. The molecule has 0 radical (unpaired) electrons. The van der Waals surface area contributed by atoms with Gasteiger partial charge in [-0.3, -0.25) is 4.90 Å². The Balaban J connectivity index is 2.18. The Hall–Kier alpha value is -0.910. The Bertz CT molecular complexity index is 553. The van der Waals surface area contributed by atoms with Crippen LogP contribution in [0.5, 0.6) is 0 Å². The fraction of sp³-hybridized carbons (Fsp3) is 0.368. The number of rotatable bonds is 7. The topological polar surface area (TPSA) is 23.5 Å². The van der Waals surface area contributed by atoms with E-state index in [1.165, 1.54) is 14.7 Å². The van der Waals surface area contributed by atoms with Crippen molar-refractivity contribution in [3.63, 3.8) is 0 Å². The van der Waals surface area contributed by atoms with E-state index in [1.54, 1.807) is 0 Å². The van der Waals surface area contributed by atoms with Gasteiger partial charge in [0.15, 0.2) is 0 Å². The number of nitrogens with zero attached hydrogens (tertiary/aromatic N) is 1. The predicted molar refractivity (Wildman–Crippen MR) is 101 cm³/mol. The van der Waals surface area contributed by atoms with Gasteiger partial charge in [0.25, 0.3) is 0 Å². The van der Waals surface area contributed by atoms with Gasteiger partial charge in [-0.05, 0) is 51.8 Å². The van der Waals surface area contributed by atoms with Gasteiger partial charge >= 0.3 is 0 Å². The highest BCUT2D eigenvalue weighted by atomic mass is 127. The van der Waals surface area contributed by atoms with E-state index in [1.807, 2.05) is 6.07 Å². The number of halogens is 1. The minimum atomic E-state index is 0.166. The molecule has 0 aromatic heterocycles. The second-order valence-corrected chi connectivity index (χ2v) is 7.26. The van der Waals surface area contributed by atoms with Crippen molar-refractivity contribution in [3.8, 4) is 0 Å². The predicted octanol–water partition coefficient (Wildman–Crippen LogP) is 4.31. The van der Waals surface area contributed by atoms with Gasteiger partial charge in [-0.15, -0.1) is 0 Å². The lowest BCUT2D eigenvalue weighted by Gasteiger charge is -2.33. The summed E-state index contributed by atoms with van der Waals surface area (Å²) in [5, 5.41) is 9.82. The van der Waals surface area contributed by atoms with E-state index in [4.69, 9.17) is 0 Å². The van der Waals surface area contributed by atoms with Crippen molar-refractivity contribution in [1.29, 1.82) is 0 Å². The summed E-state index contributed by atoms with van der Waals surface area (Å²) in [6.07, 6.45) is 0. The molecule has 22 heavy (non-hydrogen) atoms. The average molecular weight is 409 g/mol. The molecule has 0 fully saturated rings. The molecule has 3 heteroatoms. The Morgan fingerprint density at radius 3 is 1.95 bits per heavy atom. The number of hydrogen-bond donors (Lipinski definition) is 1. The van der Waals surface area contributed by atoms with Gasteiger partial charge in [0.1, 0.15) is 0 Å². The number of benzene rings is 2. The normalized spacial score (nSPS) is 12.8. The quantitative estimate of drug-likeness (QED) is 0.689. The molecule has 0 saturated heterocycles. The van der Waals surface area contributed by atoms with Crippen molar-refractivity contribution in [1.82, 2.24) is 4.90 Å². The smallest absolute Gasteiger partial charge is 0.0589 e. The molecule has 2 aromatic rings. The fourth-order valence-corrected chi connectivity index (χ4v) is 3.04. The zero-order valence-electron chi connectivity index (χ0n) is 13.2. The summed E-state index contributed by atoms with van der Waals surface area (Å²) in [6.45, 7) is 6.25. The minimum Gasteiger partial charge on any atom is -0.395 e. The Labute approximate surface area is 147 Å². The van der Waals surface area contributed by atoms with E-state index >= 15 is 0 Å². The van der Waals surface area contributed by atoms with E-state index in [2.05, 4.69) is 89.9 Å². The summed E-state index contributed by atoms with van der Waals surface area (Å²) in [7, 11) is 0. The third kappa shape index (κ3) is 5.07. The number of aliphatic hydroxyl groups excluding tert-OH is 1. The highest BCUT2D eigenvalue weighted by molar-refractivity contribution is 14.1.